The van der Waals surface area contributed by atoms with Crippen molar-refractivity contribution in [3.8, 4) is 0 Å². The lowest BCUT2D eigenvalue weighted by Gasteiger charge is -2.32. The Morgan fingerprint density at radius 3 is 2.72 bits per heavy atom. The Morgan fingerprint density at radius 2 is 2.00 bits per heavy atom. The highest BCUT2D eigenvalue weighted by molar-refractivity contribution is 5.47. The lowest BCUT2D eigenvalue weighted by Crippen LogP contribution is -2.37. The Morgan fingerprint density at radius 1 is 1.22 bits per heavy atom. The van der Waals surface area contributed by atoms with E-state index in [2.05, 4.69) is 43.4 Å². The normalized spacial score (nSPS) is 24.2. The molecule has 1 saturated carbocycles. The van der Waals surface area contributed by atoms with Crippen molar-refractivity contribution in [3.05, 3.63) is 29.8 Å². The fourth-order valence-electron chi connectivity index (χ4n) is 2.75. The van der Waals surface area contributed by atoms with Crippen LogP contribution in [0.25, 0.3) is 0 Å². The van der Waals surface area contributed by atoms with Gasteiger partial charge in [-0.1, -0.05) is 38.8 Å². The van der Waals surface area contributed by atoms with E-state index in [1.54, 1.807) is 0 Å². The molecule has 0 heterocycles. The van der Waals surface area contributed by atoms with E-state index in [1.807, 2.05) is 7.11 Å². The third kappa shape index (κ3) is 3.26. The van der Waals surface area contributed by atoms with Crippen molar-refractivity contribution >= 4 is 5.69 Å². The van der Waals surface area contributed by atoms with Gasteiger partial charge >= 0.3 is 0 Å². The first kappa shape index (κ1) is 13.4. The molecule has 1 aliphatic carbocycles. The lowest BCUT2D eigenvalue weighted by atomic mass is 9.92. The molecule has 0 bridgehead atoms. The minimum Gasteiger partial charge on any atom is -0.380 e. The number of ether oxygens (including phenoxy) is 1. The molecule has 100 valence electrons. The first-order chi connectivity index (χ1) is 8.70. The summed E-state index contributed by atoms with van der Waals surface area (Å²) in [4.78, 5) is 0. The fourth-order valence-corrected chi connectivity index (χ4v) is 2.75. The highest BCUT2D eigenvalue weighted by atomic mass is 16.5. The molecule has 0 spiro atoms. The number of anilines is 1. The monoisotopic (exact) mass is 247 g/mol. The molecule has 1 fully saturated rings. The van der Waals surface area contributed by atoms with Crippen LogP contribution in [0, 0.1) is 0 Å². The zero-order valence-electron chi connectivity index (χ0n) is 11.8. The van der Waals surface area contributed by atoms with Gasteiger partial charge in [0.2, 0.25) is 0 Å². The zero-order chi connectivity index (χ0) is 13.0. The molecule has 1 aromatic rings. The molecule has 2 atom stereocenters. The number of hydrogen-bond donors (Lipinski definition) is 1. The van der Waals surface area contributed by atoms with Gasteiger partial charge in [-0.3, -0.25) is 0 Å². The number of rotatable bonds is 4. The summed E-state index contributed by atoms with van der Waals surface area (Å²) >= 11 is 0. The van der Waals surface area contributed by atoms with Crippen molar-refractivity contribution in [2.75, 3.05) is 12.4 Å². The van der Waals surface area contributed by atoms with Gasteiger partial charge in [-0.2, -0.15) is 0 Å². The van der Waals surface area contributed by atoms with Crippen molar-refractivity contribution in [2.45, 2.75) is 57.6 Å². The van der Waals surface area contributed by atoms with Crippen LogP contribution >= 0.6 is 0 Å². The topological polar surface area (TPSA) is 21.3 Å². The predicted octanol–water partition coefficient (Wildman–Crippen LogP) is 4.18. The molecule has 0 amide bonds. The Bertz CT molecular complexity index is 375. The van der Waals surface area contributed by atoms with Crippen LogP contribution in [0.5, 0.6) is 0 Å². The van der Waals surface area contributed by atoms with Gasteiger partial charge in [0.1, 0.15) is 0 Å². The van der Waals surface area contributed by atoms with Crippen LogP contribution in [0.3, 0.4) is 0 Å². The van der Waals surface area contributed by atoms with Crippen molar-refractivity contribution < 1.29 is 4.74 Å². The number of methoxy groups -OCH3 is 1. The fraction of sp³-hybridized carbons (Fsp3) is 0.625. The SMILES string of the molecule is COC1CCCCC1Nc1cccc(C(C)C)c1. The smallest absolute Gasteiger partial charge is 0.0772 e. The van der Waals surface area contributed by atoms with Gasteiger partial charge in [-0.05, 0) is 36.5 Å². The van der Waals surface area contributed by atoms with Gasteiger partial charge in [-0.25, -0.2) is 0 Å². The first-order valence-corrected chi connectivity index (χ1v) is 7.10. The molecule has 2 heteroatoms. The molecular formula is C16H25NO. The number of benzene rings is 1. The van der Waals surface area contributed by atoms with Crippen LogP contribution in [0.1, 0.15) is 51.0 Å². The van der Waals surface area contributed by atoms with E-state index in [9.17, 15) is 0 Å². The van der Waals surface area contributed by atoms with Gasteiger partial charge in [0, 0.05) is 12.8 Å². The van der Waals surface area contributed by atoms with Crippen LogP contribution in [0.2, 0.25) is 0 Å². The van der Waals surface area contributed by atoms with E-state index >= 15 is 0 Å². The molecule has 1 N–H and O–H groups in total. The van der Waals surface area contributed by atoms with Crippen molar-refractivity contribution in [1.82, 2.24) is 0 Å². The average molecular weight is 247 g/mol. The van der Waals surface area contributed by atoms with Crippen LogP contribution in [-0.4, -0.2) is 19.3 Å². The molecule has 18 heavy (non-hydrogen) atoms. The zero-order valence-corrected chi connectivity index (χ0v) is 11.8. The van der Waals surface area contributed by atoms with Crippen molar-refractivity contribution in [2.24, 2.45) is 0 Å². The van der Waals surface area contributed by atoms with Crippen LogP contribution in [0.15, 0.2) is 24.3 Å². The standard InChI is InChI=1S/C16H25NO/c1-12(2)13-7-6-8-14(11-13)17-15-9-4-5-10-16(15)18-3/h6-8,11-12,15-17H,4-5,9-10H2,1-3H3. The summed E-state index contributed by atoms with van der Waals surface area (Å²) in [5, 5.41) is 3.65. The predicted molar refractivity (Wildman–Crippen MR) is 77.2 cm³/mol. The summed E-state index contributed by atoms with van der Waals surface area (Å²) in [5.74, 6) is 0.580. The second-order valence-electron chi connectivity index (χ2n) is 5.59. The largest absolute Gasteiger partial charge is 0.380 e. The quantitative estimate of drug-likeness (QED) is 0.861. The lowest BCUT2D eigenvalue weighted by molar-refractivity contribution is 0.0606. The Hall–Kier alpha value is -1.02. The molecular weight excluding hydrogens is 222 g/mol. The van der Waals surface area contributed by atoms with Gasteiger partial charge in [-0.15, -0.1) is 0 Å². The third-order valence-electron chi connectivity index (χ3n) is 3.91. The number of nitrogens with one attached hydrogen (secondary N) is 1. The molecule has 1 aromatic carbocycles. The highest BCUT2D eigenvalue weighted by Crippen LogP contribution is 2.25. The number of hydrogen-bond acceptors (Lipinski definition) is 2. The van der Waals surface area contributed by atoms with Gasteiger partial charge < -0.3 is 10.1 Å². The van der Waals surface area contributed by atoms with E-state index in [0.717, 1.165) is 0 Å². The van der Waals surface area contributed by atoms with E-state index in [1.165, 1.54) is 36.9 Å². The molecule has 1 aliphatic rings. The van der Waals surface area contributed by atoms with Crippen LogP contribution in [0.4, 0.5) is 5.69 Å². The summed E-state index contributed by atoms with van der Waals surface area (Å²) in [6, 6.07) is 9.23. The summed E-state index contributed by atoms with van der Waals surface area (Å²) in [5.41, 5.74) is 2.62. The van der Waals surface area contributed by atoms with E-state index < -0.39 is 0 Å². The minimum atomic E-state index is 0.362. The van der Waals surface area contributed by atoms with Crippen LogP contribution < -0.4 is 5.32 Å². The molecule has 2 nitrogen and oxygen atoms in total. The van der Waals surface area contributed by atoms with Gasteiger partial charge in [0.15, 0.2) is 0 Å². The molecule has 2 rings (SSSR count). The second-order valence-corrected chi connectivity index (χ2v) is 5.59. The molecule has 2 unspecified atom stereocenters. The highest BCUT2D eigenvalue weighted by Gasteiger charge is 2.24. The summed E-state index contributed by atoms with van der Waals surface area (Å²) in [6.07, 6.45) is 5.36. The summed E-state index contributed by atoms with van der Waals surface area (Å²) in [7, 11) is 1.83. The maximum atomic E-state index is 5.59. The maximum absolute atomic E-state index is 5.59. The molecule has 0 saturated heterocycles. The summed E-state index contributed by atoms with van der Waals surface area (Å²) < 4.78 is 5.59. The second kappa shape index (κ2) is 6.24. The Balaban J connectivity index is 2.05. The summed E-state index contributed by atoms with van der Waals surface area (Å²) in [6.45, 7) is 4.47. The molecule has 0 aliphatic heterocycles. The van der Waals surface area contributed by atoms with Crippen molar-refractivity contribution in [1.29, 1.82) is 0 Å². The van der Waals surface area contributed by atoms with E-state index in [-0.39, 0.29) is 0 Å². The maximum Gasteiger partial charge on any atom is 0.0772 e. The van der Waals surface area contributed by atoms with Gasteiger partial charge in [0.05, 0.1) is 12.1 Å². The average Bonchev–Trinajstić information content (AvgIpc) is 2.39. The Kier molecular flexibility index (Phi) is 4.65. The van der Waals surface area contributed by atoms with E-state index in [0.29, 0.717) is 18.1 Å². The Labute approximate surface area is 111 Å². The van der Waals surface area contributed by atoms with Crippen LogP contribution in [-0.2, 0) is 4.74 Å². The first-order valence-electron chi connectivity index (χ1n) is 7.10. The molecule has 0 aromatic heterocycles. The van der Waals surface area contributed by atoms with E-state index in [4.69, 9.17) is 4.74 Å². The minimum absolute atomic E-state index is 0.362. The molecule has 0 radical (unpaired) electrons. The van der Waals surface area contributed by atoms with Crippen molar-refractivity contribution in [3.63, 3.8) is 0 Å². The third-order valence-corrected chi connectivity index (χ3v) is 3.91. The van der Waals surface area contributed by atoms with Gasteiger partial charge in [0.25, 0.3) is 0 Å².